The van der Waals surface area contributed by atoms with Crippen LogP contribution in [0.1, 0.15) is 67.1 Å². The molecule has 0 spiro atoms. The minimum atomic E-state index is -0.762. The van der Waals surface area contributed by atoms with Crippen LogP contribution < -0.4 is 0 Å². The maximum Gasteiger partial charge on any atom is 0.303 e. The van der Waals surface area contributed by atoms with Crippen LogP contribution in [0.25, 0.3) is 0 Å². The number of carboxylic acids is 1. The van der Waals surface area contributed by atoms with Gasteiger partial charge >= 0.3 is 5.97 Å². The summed E-state index contributed by atoms with van der Waals surface area (Å²) in [6, 6.07) is 16.3. The fraction of sp³-hybridized carbons (Fsp3) is 0.562. The average molecular weight is 549 g/mol. The fourth-order valence-corrected chi connectivity index (χ4v) is 6.39. The van der Waals surface area contributed by atoms with Gasteiger partial charge in [0.15, 0.2) is 0 Å². The monoisotopic (exact) mass is 548 g/mol. The summed E-state index contributed by atoms with van der Waals surface area (Å²) in [7, 11) is 0. The van der Waals surface area contributed by atoms with Gasteiger partial charge in [-0.1, -0.05) is 24.3 Å². The van der Waals surface area contributed by atoms with Gasteiger partial charge in [-0.15, -0.1) is 0 Å². The molecule has 8 heteroatoms. The summed E-state index contributed by atoms with van der Waals surface area (Å²) in [6.07, 6.45) is 3.52. The molecular weight excluding hydrogens is 504 g/mol. The van der Waals surface area contributed by atoms with E-state index >= 15 is 0 Å². The van der Waals surface area contributed by atoms with Crippen molar-refractivity contribution in [3.63, 3.8) is 0 Å². The fourth-order valence-electron chi connectivity index (χ4n) is 6.39. The van der Waals surface area contributed by atoms with Gasteiger partial charge in [-0.25, -0.2) is 0 Å². The molecule has 0 radical (unpaired) electrons. The molecular formula is C32H44N4O4. The summed E-state index contributed by atoms with van der Waals surface area (Å²) in [4.78, 5) is 33.8. The molecule has 1 amide bonds. The second kappa shape index (κ2) is 12.7. The van der Waals surface area contributed by atoms with Crippen molar-refractivity contribution in [2.45, 2.75) is 57.7 Å². The first-order chi connectivity index (χ1) is 19.3. The topological polar surface area (TPSA) is 87.6 Å². The van der Waals surface area contributed by atoms with Gasteiger partial charge in [0.05, 0.1) is 6.04 Å². The number of benzene rings is 2. The van der Waals surface area contributed by atoms with Crippen molar-refractivity contribution < 1.29 is 19.8 Å². The van der Waals surface area contributed by atoms with Crippen LogP contribution in [0.15, 0.2) is 48.5 Å². The maximum atomic E-state index is 13.6. The number of rotatable bonds is 10. The van der Waals surface area contributed by atoms with Gasteiger partial charge in [0.25, 0.3) is 5.91 Å². The molecule has 2 saturated heterocycles. The molecule has 2 aliphatic heterocycles. The Morgan fingerprint density at radius 1 is 0.925 bits per heavy atom. The molecule has 2 aromatic carbocycles. The summed E-state index contributed by atoms with van der Waals surface area (Å²) in [6.45, 7) is 11.3. The number of phenolic OH excluding ortho intramolecular Hbond substituents is 1. The van der Waals surface area contributed by atoms with Crippen LogP contribution in [0.2, 0.25) is 0 Å². The molecule has 3 atom stereocenters. The first-order valence-corrected chi connectivity index (χ1v) is 14.9. The Morgan fingerprint density at radius 3 is 2.30 bits per heavy atom. The minimum Gasteiger partial charge on any atom is -0.508 e. The molecule has 1 aliphatic carbocycles. The van der Waals surface area contributed by atoms with Crippen molar-refractivity contribution in [2.75, 3.05) is 52.4 Å². The van der Waals surface area contributed by atoms with Gasteiger partial charge in [-0.05, 0) is 81.0 Å². The van der Waals surface area contributed by atoms with Gasteiger partial charge in [0.2, 0.25) is 0 Å². The Kier molecular flexibility index (Phi) is 9.08. The predicted octanol–water partition coefficient (Wildman–Crippen LogP) is 3.91. The van der Waals surface area contributed by atoms with Crippen molar-refractivity contribution in [3.05, 3.63) is 65.2 Å². The van der Waals surface area contributed by atoms with E-state index in [4.69, 9.17) is 5.11 Å². The van der Waals surface area contributed by atoms with Crippen molar-refractivity contribution in [1.29, 1.82) is 0 Å². The second-order valence-electron chi connectivity index (χ2n) is 12.0. The first kappa shape index (κ1) is 28.6. The lowest BCUT2D eigenvalue weighted by Gasteiger charge is -2.48. The standard InChI is InChI=1S/C32H44N4O4/c1-23-21-36(24(2)20-35(23)22-25-11-12-25)31(27-7-4-9-29(37)19-27)26-6-3-8-28(18-26)32(40)34-16-14-33(15-17-34)13-5-10-30(38)39/h3-4,6-9,18-19,23-25,31,37H,5,10-17,20-22H2,1-2H3,(H,38,39)/t23-,24-,31?/m1/s1. The smallest absolute Gasteiger partial charge is 0.303 e. The molecule has 1 unspecified atom stereocenters. The van der Waals surface area contributed by atoms with Crippen molar-refractivity contribution in [3.8, 4) is 5.75 Å². The predicted molar refractivity (Wildman–Crippen MR) is 156 cm³/mol. The largest absolute Gasteiger partial charge is 0.508 e. The zero-order valence-corrected chi connectivity index (χ0v) is 23.9. The first-order valence-electron chi connectivity index (χ1n) is 14.9. The van der Waals surface area contributed by atoms with Crippen LogP contribution in [0.4, 0.5) is 0 Å². The Hall–Kier alpha value is -2.94. The van der Waals surface area contributed by atoms with Crippen molar-refractivity contribution >= 4 is 11.9 Å². The maximum absolute atomic E-state index is 13.6. The van der Waals surface area contributed by atoms with E-state index in [1.807, 2.05) is 35.2 Å². The van der Waals surface area contributed by atoms with E-state index in [1.54, 1.807) is 6.07 Å². The van der Waals surface area contributed by atoms with Gasteiger partial charge in [-0.3, -0.25) is 24.3 Å². The molecule has 5 rings (SSSR count). The number of carbonyl (C=O) groups is 2. The Bertz CT molecular complexity index is 1180. The van der Waals surface area contributed by atoms with Gasteiger partial charge < -0.3 is 15.1 Å². The number of hydrogen-bond acceptors (Lipinski definition) is 6. The third kappa shape index (κ3) is 7.03. The lowest BCUT2D eigenvalue weighted by Crippen LogP contribution is -2.57. The zero-order valence-electron chi connectivity index (χ0n) is 23.9. The van der Waals surface area contributed by atoms with E-state index in [1.165, 1.54) is 19.4 Å². The number of hydrogen-bond donors (Lipinski definition) is 2. The number of phenols is 1. The van der Waals surface area contributed by atoms with E-state index in [-0.39, 0.29) is 24.1 Å². The van der Waals surface area contributed by atoms with Crippen LogP contribution in [0, 0.1) is 5.92 Å². The number of carbonyl (C=O) groups excluding carboxylic acids is 1. The summed E-state index contributed by atoms with van der Waals surface area (Å²) >= 11 is 0. The van der Waals surface area contributed by atoms with E-state index < -0.39 is 5.97 Å². The highest BCUT2D eigenvalue weighted by Crippen LogP contribution is 2.37. The van der Waals surface area contributed by atoms with Crippen LogP contribution in [-0.2, 0) is 4.79 Å². The summed E-state index contributed by atoms with van der Waals surface area (Å²) < 4.78 is 0. The number of aliphatic carboxylic acids is 1. The highest BCUT2D eigenvalue weighted by Gasteiger charge is 2.37. The number of amides is 1. The zero-order chi connectivity index (χ0) is 28.2. The lowest BCUT2D eigenvalue weighted by molar-refractivity contribution is -0.137. The van der Waals surface area contributed by atoms with Crippen molar-refractivity contribution in [1.82, 2.24) is 19.6 Å². The molecule has 8 nitrogen and oxygen atoms in total. The van der Waals surface area contributed by atoms with E-state index in [0.29, 0.717) is 37.2 Å². The quantitative estimate of drug-likeness (QED) is 0.466. The summed E-state index contributed by atoms with van der Waals surface area (Å²) in [5.41, 5.74) is 2.79. The van der Waals surface area contributed by atoms with Crippen LogP contribution in [0.3, 0.4) is 0 Å². The Labute approximate surface area is 238 Å². The molecule has 216 valence electrons. The summed E-state index contributed by atoms with van der Waals surface area (Å²) in [5.74, 6) is 0.389. The Balaban J connectivity index is 1.33. The normalized spacial score (nSPS) is 23.7. The Morgan fingerprint density at radius 2 is 1.62 bits per heavy atom. The van der Waals surface area contributed by atoms with Gasteiger partial charge in [-0.2, -0.15) is 0 Å². The molecule has 0 aromatic heterocycles. The number of piperazine rings is 2. The SMILES string of the molecule is C[C@@H]1CN(C(c2cccc(O)c2)c2cccc(C(=O)N3CCN(CCCC(=O)O)CC3)c2)[C@H](C)CN1CC1CC1. The van der Waals surface area contributed by atoms with Crippen LogP contribution in [-0.4, -0.2) is 106 Å². The molecule has 40 heavy (non-hydrogen) atoms. The van der Waals surface area contributed by atoms with E-state index in [0.717, 1.165) is 49.8 Å². The molecule has 1 saturated carbocycles. The van der Waals surface area contributed by atoms with Crippen molar-refractivity contribution in [2.24, 2.45) is 5.92 Å². The van der Waals surface area contributed by atoms with E-state index in [2.05, 4.69) is 40.7 Å². The lowest BCUT2D eigenvalue weighted by atomic mass is 9.92. The highest BCUT2D eigenvalue weighted by atomic mass is 16.4. The highest BCUT2D eigenvalue weighted by molar-refractivity contribution is 5.94. The summed E-state index contributed by atoms with van der Waals surface area (Å²) in [5, 5.41) is 19.3. The second-order valence-corrected chi connectivity index (χ2v) is 12.0. The van der Waals surface area contributed by atoms with Crippen LogP contribution >= 0.6 is 0 Å². The number of nitrogens with zero attached hydrogens (tertiary/aromatic N) is 4. The number of carboxylic acid groups (broad SMARTS) is 1. The molecule has 2 heterocycles. The third-order valence-corrected chi connectivity index (χ3v) is 8.84. The molecule has 2 aromatic rings. The van der Waals surface area contributed by atoms with Crippen LogP contribution in [0.5, 0.6) is 5.75 Å². The third-order valence-electron chi connectivity index (χ3n) is 8.84. The molecule has 3 fully saturated rings. The average Bonchev–Trinajstić information content (AvgIpc) is 3.76. The minimum absolute atomic E-state index is 0.0392. The van der Waals surface area contributed by atoms with E-state index in [9.17, 15) is 14.7 Å². The van der Waals surface area contributed by atoms with Gasteiger partial charge in [0.1, 0.15) is 5.75 Å². The molecule has 3 aliphatic rings. The van der Waals surface area contributed by atoms with Gasteiger partial charge in [0, 0.05) is 69.9 Å². The molecule has 2 N–H and O–H groups in total. The molecule has 0 bridgehead atoms. The number of aromatic hydroxyl groups is 1.